The smallest absolute Gasteiger partial charge is 0.272 e. The second-order valence-corrected chi connectivity index (χ2v) is 7.22. The summed E-state index contributed by atoms with van der Waals surface area (Å²) in [5.41, 5.74) is 2.16. The molecule has 0 bridgehead atoms. The summed E-state index contributed by atoms with van der Waals surface area (Å²) >= 11 is 0. The number of hydrogen-bond donors (Lipinski definition) is 1. The molecular formula is C13H24N4O2S. The normalized spacial score (nSPS) is 19.3. The Balaban J connectivity index is 2.10. The summed E-state index contributed by atoms with van der Waals surface area (Å²) in [6, 6.07) is -0.151. The zero-order chi connectivity index (χ0) is 14.8. The van der Waals surface area contributed by atoms with Gasteiger partial charge in [0.15, 0.2) is 0 Å². The van der Waals surface area contributed by atoms with E-state index in [9.17, 15) is 8.42 Å². The number of fused-ring (bicyclic) bond motifs is 1. The SMILES string of the molecule is CCCCN(C)S(=O)(=O)NC1CCCc2c1cnn2C. The molecule has 1 aliphatic carbocycles. The van der Waals surface area contributed by atoms with Gasteiger partial charge in [-0.3, -0.25) is 4.68 Å². The average Bonchev–Trinajstić information content (AvgIpc) is 2.79. The first-order valence-corrected chi connectivity index (χ1v) is 8.64. The molecule has 6 nitrogen and oxygen atoms in total. The molecule has 1 aromatic heterocycles. The minimum atomic E-state index is -3.42. The Labute approximate surface area is 121 Å². The van der Waals surface area contributed by atoms with E-state index in [4.69, 9.17) is 0 Å². The maximum Gasteiger partial charge on any atom is 0.279 e. The molecule has 0 saturated carbocycles. The molecule has 0 radical (unpaired) electrons. The van der Waals surface area contributed by atoms with Gasteiger partial charge in [-0.15, -0.1) is 0 Å². The van der Waals surface area contributed by atoms with Crippen LogP contribution in [0.2, 0.25) is 0 Å². The van der Waals surface area contributed by atoms with Crippen molar-refractivity contribution in [2.45, 2.75) is 45.1 Å². The maximum atomic E-state index is 12.3. The van der Waals surface area contributed by atoms with E-state index >= 15 is 0 Å². The molecule has 1 N–H and O–H groups in total. The number of rotatable bonds is 6. The maximum absolute atomic E-state index is 12.3. The van der Waals surface area contributed by atoms with Gasteiger partial charge in [0, 0.05) is 31.9 Å². The molecule has 0 amide bonds. The van der Waals surface area contributed by atoms with Crippen molar-refractivity contribution in [3.05, 3.63) is 17.5 Å². The number of nitrogens with one attached hydrogen (secondary N) is 1. The Morgan fingerprint density at radius 1 is 1.55 bits per heavy atom. The van der Waals surface area contributed by atoms with Crippen LogP contribution in [0, 0.1) is 0 Å². The summed E-state index contributed by atoms with van der Waals surface area (Å²) in [6.07, 6.45) is 6.43. The van der Waals surface area contributed by atoms with Crippen molar-refractivity contribution >= 4 is 10.2 Å². The van der Waals surface area contributed by atoms with Crippen LogP contribution in [0.1, 0.15) is 49.9 Å². The molecule has 0 fully saturated rings. The standard InChI is InChI=1S/C13H24N4O2S/c1-4-5-9-16(2)20(18,19)15-12-7-6-8-13-11(12)10-14-17(13)3/h10,12,15H,4-9H2,1-3H3. The molecule has 1 aliphatic rings. The third kappa shape index (κ3) is 3.21. The van der Waals surface area contributed by atoms with Crippen molar-refractivity contribution < 1.29 is 8.42 Å². The minimum Gasteiger partial charge on any atom is -0.272 e. The molecule has 0 aliphatic heterocycles. The fourth-order valence-electron chi connectivity index (χ4n) is 2.60. The van der Waals surface area contributed by atoms with E-state index in [0.29, 0.717) is 6.54 Å². The van der Waals surface area contributed by atoms with Gasteiger partial charge in [0.05, 0.1) is 12.2 Å². The first-order chi connectivity index (χ1) is 9.45. The van der Waals surface area contributed by atoms with Gasteiger partial charge in [0.25, 0.3) is 10.2 Å². The number of nitrogens with zero attached hydrogens (tertiary/aromatic N) is 3. The van der Waals surface area contributed by atoms with Crippen LogP contribution in [0.25, 0.3) is 0 Å². The Bertz CT molecular complexity index is 553. The highest BCUT2D eigenvalue weighted by Crippen LogP contribution is 2.29. The van der Waals surface area contributed by atoms with Crippen molar-refractivity contribution in [3.8, 4) is 0 Å². The van der Waals surface area contributed by atoms with Crippen LogP contribution in [-0.2, 0) is 23.7 Å². The molecule has 0 aromatic carbocycles. The van der Waals surface area contributed by atoms with Crippen molar-refractivity contribution in [1.82, 2.24) is 18.8 Å². The second kappa shape index (κ2) is 6.24. The van der Waals surface area contributed by atoms with E-state index in [1.54, 1.807) is 13.2 Å². The minimum absolute atomic E-state index is 0.151. The van der Waals surface area contributed by atoms with Gasteiger partial charge in [-0.2, -0.15) is 22.5 Å². The molecule has 1 unspecified atom stereocenters. The zero-order valence-corrected chi connectivity index (χ0v) is 13.3. The Hall–Kier alpha value is -0.920. The molecule has 7 heteroatoms. The van der Waals surface area contributed by atoms with Crippen LogP contribution in [-0.4, -0.2) is 36.1 Å². The quantitative estimate of drug-likeness (QED) is 0.862. The Morgan fingerprint density at radius 2 is 2.30 bits per heavy atom. The molecule has 1 aromatic rings. The third-order valence-electron chi connectivity index (χ3n) is 3.90. The van der Waals surface area contributed by atoms with Crippen molar-refractivity contribution in [2.75, 3.05) is 13.6 Å². The van der Waals surface area contributed by atoms with Crippen molar-refractivity contribution in [3.63, 3.8) is 0 Å². The summed E-state index contributed by atoms with van der Waals surface area (Å²) in [6.45, 7) is 2.61. The monoisotopic (exact) mass is 300 g/mol. The van der Waals surface area contributed by atoms with Crippen LogP contribution in [0.4, 0.5) is 0 Å². The topological polar surface area (TPSA) is 67.2 Å². The predicted molar refractivity (Wildman–Crippen MR) is 78.5 cm³/mol. The van der Waals surface area contributed by atoms with Gasteiger partial charge < -0.3 is 0 Å². The molecule has 114 valence electrons. The fraction of sp³-hybridized carbons (Fsp3) is 0.769. The second-order valence-electron chi connectivity index (χ2n) is 5.41. The van der Waals surface area contributed by atoms with Crippen molar-refractivity contribution in [2.24, 2.45) is 7.05 Å². The van der Waals surface area contributed by atoms with Gasteiger partial charge in [-0.05, 0) is 25.7 Å². The summed E-state index contributed by atoms with van der Waals surface area (Å²) in [4.78, 5) is 0. The van der Waals surface area contributed by atoms with Gasteiger partial charge in [0.1, 0.15) is 0 Å². The molecule has 0 spiro atoms. The lowest BCUT2D eigenvalue weighted by Crippen LogP contribution is -2.41. The number of unbranched alkanes of at least 4 members (excludes halogenated alkanes) is 1. The van der Waals surface area contributed by atoms with Crippen LogP contribution in [0.3, 0.4) is 0 Å². The average molecular weight is 300 g/mol. The van der Waals surface area contributed by atoms with E-state index < -0.39 is 10.2 Å². The third-order valence-corrected chi connectivity index (χ3v) is 5.49. The van der Waals surface area contributed by atoms with E-state index in [2.05, 4.69) is 16.7 Å². The molecule has 1 heterocycles. The molecule has 1 atom stereocenters. The van der Waals surface area contributed by atoms with Crippen LogP contribution >= 0.6 is 0 Å². The molecule has 2 rings (SSSR count). The van der Waals surface area contributed by atoms with Gasteiger partial charge in [0.2, 0.25) is 0 Å². The molecule has 0 saturated heterocycles. The summed E-state index contributed by atoms with van der Waals surface area (Å²) in [7, 11) is 0.116. The largest absolute Gasteiger partial charge is 0.279 e. The van der Waals surface area contributed by atoms with Crippen LogP contribution in [0.5, 0.6) is 0 Å². The molecular weight excluding hydrogens is 276 g/mol. The van der Waals surface area contributed by atoms with Gasteiger partial charge in [-0.1, -0.05) is 13.3 Å². The number of aromatic nitrogens is 2. The summed E-state index contributed by atoms with van der Waals surface area (Å²) in [5.74, 6) is 0. The lowest BCUT2D eigenvalue weighted by molar-refractivity contribution is 0.427. The van der Waals surface area contributed by atoms with Gasteiger partial charge in [-0.25, -0.2) is 0 Å². The summed E-state index contributed by atoms with van der Waals surface area (Å²) < 4.78 is 30.7. The van der Waals surface area contributed by atoms with E-state index in [1.807, 2.05) is 11.7 Å². The van der Waals surface area contributed by atoms with E-state index in [1.165, 1.54) is 4.31 Å². The van der Waals surface area contributed by atoms with Gasteiger partial charge >= 0.3 is 0 Å². The fourth-order valence-corrected chi connectivity index (χ4v) is 3.75. The first-order valence-electron chi connectivity index (χ1n) is 7.20. The Kier molecular flexibility index (Phi) is 4.82. The first kappa shape index (κ1) is 15.5. The van der Waals surface area contributed by atoms with Crippen LogP contribution < -0.4 is 4.72 Å². The predicted octanol–water partition coefficient (Wildman–Crippen LogP) is 1.36. The summed E-state index contributed by atoms with van der Waals surface area (Å²) in [5, 5.41) is 4.24. The van der Waals surface area contributed by atoms with E-state index in [0.717, 1.165) is 43.4 Å². The highest BCUT2D eigenvalue weighted by molar-refractivity contribution is 7.87. The Morgan fingerprint density at radius 3 is 3.00 bits per heavy atom. The van der Waals surface area contributed by atoms with Crippen molar-refractivity contribution in [1.29, 1.82) is 0 Å². The lowest BCUT2D eigenvalue weighted by Gasteiger charge is -2.26. The molecule has 20 heavy (non-hydrogen) atoms. The number of aryl methyl sites for hydroxylation is 1. The van der Waals surface area contributed by atoms with Crippen LogP contribution in [0.15, 0.2) is 6.20 Å². The lowest BCUT2D eigenvalue weighted by atomic mass is 9.94. The number of hydrogen-bond acceptors (Lipinski definition) is 3. The zero-order valence-electron chi connectivity index (χ0n) is 12.5. The highest BCUT2D eigenvalue weighted by Gasteiger charge is 2.28. The highest BCUT2D eigenvalue weighted by atomic mass is 32.2. The van der Waals surface area contributed by atoms with E-state index in [-0.39, 0.29) is 6.04 Å².